The molecule has 0 aliphatic carbocycles. The molecule has 0 radical (unpaired) electrons. The Morgan fingerprint density at radius 1 is 1.03 bits per heavy atom. The number of carbonyl (C=O) groups is 1. The Labute approximate surface area is 197 Å². The summed E-state index contributed by atoms with van der Waals surface area (Å²) < 4.78 is 1.75. The number of hydrogen-bond acceptors (Lipinski definition) is 5. The Hall–Kier alpha value is -3.42. The van der Waals surface area contributed by atoms with Gasteiger partial charge in [-0.25, -0.2) is 4.52 Å². The number of fused-ring (bicyclic) bond motifs is 1. The van der Waals surface area contributed by atoms with Crippen LogP contribution in [0.3, 0.4) is 0 Å². The first kappa shape index (κ1) is 21.4. The number of nitrogens with one attached hydrogen (secondary N) is 2. The minimum Gasteiger partial charge on any atom is -0.349 e. The van der Waals surface area contributed by atoms with E-state index in [1.54, 1.807) is 4.52 Å². The zero-order chi connectivity index (χ0) is 22.8. The van der Waals surface area contributed by atoms with E-state index in [9.17, 15) is 4.79 Å². The van der Waals surface area contributed by atoms with Crippen molar-refractivity contribution in [3.8, 4) is 11.1 Å². The fourth-order valence-electron chi connectivity index (χ4n) is 4.07. The zero-order valence-corrected chi connectivity index (χ0v) is 19.1. The molecule has 0 unspecified atom stereocenters. The van der Waals surface area contributed by atoms with E-state index in [-0.39, 0.29) is 11.9 Å². The lowest BCUT2D eigenvalue weighted by Gasteiger charge is -2.29. The number of carbonyl (C=O) groups excluding carboxylic acids is 1. The summed E-state index contributed by atoms with van der Waals surface area (Å²) in [5, 5.41) is 11.6. The van der Waals surface area contributed by atoms with E-state index in [1.165, 1.54) is 0 Å². The number of hydrogen-bond donors (Lipinski definition) is 2. The molecular formula is C25H25ClN6O. The third kappa shape index (κ3) is 4.84. The standard InChI is InChI=1S/C25H25ClN6O/c1-31-15-12-21(13-16-31)27-24(33)18-6-10-20(11-7-18)28-25-29-23-22(3-2-14-32(23)30-25)17-4-8-19(26)9-5-17/h2-11,14,21H,12-13,15-16H2,1H3,(H,27,33)(H,28,30). The van der Waals surface area contributed by atoms with Crippen LogP contribution in [0.5, 0.6) is 0 Å². The summed E-state index contributed by atoms with van der Waals surface area (Å²) in [5.41, 5.74) is 4.19. The highest BCUT2D eigenvalue weighted by atomic mass is 35.5. The number of amides is 1. The molecule has 1 aliphatic heterocycles. The zero-order valence-electron chi connectivity index (χ0n) is 18.3. The third-order valence-electron chi connectivity index (χ3n) is 5.97. The van der Waals surface area contributed by atoms with Gasteiger partial charge >= 0.3 is 0 Å². The van der Waals surface area contributed by atoms with Crippen molar-refractivity contribution < 1.29 is 4.79 Å². The SMILES string of the molecule is CN1CCC(NC(=O)c2ccc(Nc3nc4c(-c5ccc(Cl)cc5)cccn4n3)cc2)CC1. The topological polar surface area (TPSA) is 74.6 Å². The van der Waals surface area contributed by atoms with Crippen molar-refractivity contribution in [3.63, 3.8) is 0 Å². The van der Waals surface area contributed by atoms with Gasteiger partial charge < -0.3 is 15.5 Å². The molecule has 3 heterocycles. The average molecular weight is 461 g/mol. The minimum atomic E-state index is -0.0328. The Morgan fingerprint density at radius 3 is 2.48 bits per heavy atom. The second-order valence-electron chi connectivity index (χ2n) is 8.39. The molecule has 1 saturated heterocycles. The van der Waals surface area contributed by atoms with E-state index in [1.807, 2.05) is 66.9 Å². The molecule has 0 bridgehead atoms. The van der Waals surface area contributed by atoms with E-state index >= 15 is 0 Å². The second kappa shape index (κ2) is 9.21. The first-order valence-corrected chi connectivity index (χ1v) is 11.4. The maximum atomic E-state index is 12.6. The highest BCUT2D eigenvalue weighted by Gasteiger charge is 2.19. The predicted molar refractivity (Wildman–Crippen MR) is 131 cm³/mol. The molecule has 2 N–H and O–H groups in total. The van der Waals surface area contributed by atoms with E-state index in [0.717, 1.165) is 48.4 Å². The van der Waals surface area contributed by atoms with Crippen LogP contribution in [0, 0.1) is 0 Å². The Balaban J connectivity index is 1.29. The quantitative estimate of drug-likeness (QED) is 0.454. The number of benzene rings is 2. The maximum Gasteiger partial charge on any atom is 0.251 e. The molecule has 0 spiro atoms. The Kier molecular flexibility index (Phi) is 5.98. The molecule has 1 amide bonds. The average Bonchev–Trinajstić information content (AvgIpc) is 3.24. The molecule has 5 rings (SSSR count). The van der Waals surface area contributed by atoms with Crippen molar-refractivity contribution in [2.45, 2.75) is 18.9 Å². The minimum absolute atomic E-state index is 0.0328. The number of rotatable bonds is 5. The lowest BCUT2D eigenvalue weighted by molar-refractivity contribution is 0.0917. The summed E-state index contributed by atoms with van der Waals surface area (Å²) in [6.07, 6.45) is 3.84. The molecule has 2 aromatic carbocycles. The van der Waals surface area contributed by atoms with Crippen molar-refractivity contribution in [2.24, 2.45) is 0 Å². The maximum absolute atomic E-state index is 12.6. The molecule has 1 aliphatic rings. The van der Waals surface area contributed by atoms with Gasteiger partial charge in [-0.1, -0.05) is 23.7 Å². The molecule has 7 nitrogen and oxygen atoms in total. The Morgan fingerprint density at radius 2 is 1.76 bits per heavy atom. The predicted octanol–water partition coefficient (Wildman–Crippen LogP) is 4.62. The van der Waals surface area contributed by atoms with Crippen LogP contribution in [0.25, 0.3) is 16.8 Å². The van der Waals surface area contributed by atoms with Gasteiger partial charge in [-0.2, -0.15) is 4.98 Å². The molecule has 0 saturated carbocycles. The van der Waals surface area contributed by atoms with Crippen molar-refractivity contribution >= 4 is 34.8 Å². The van der Waals surface area contributed by atoms with Gasteiger partial charge in [0, 0.05) is 34.1 Å². The highest BCUT2D eigenvalue weighted by Crippen LogP contribution is 2.26. The van der Waals surface area contributed by atoms with Crippen LogP contribution >= 0.6 is 11.6 Å². The molecular weight excluding hydrogens is 436 g/mol. The number of piperidine rings is 1. The summed E-state index contributed by atoms with van der Waals surface area (Å²) in [7, 11) is 2.11. The number of halogens is 1. The van der Waals surface area contributed by atoms with E-state index < -0.39 is 0 Å². The van der Waals surface area contributed by atoms with Gasteiger partial charge in [-0.3, -0.25) is 4.79 Å². The van der Waals surface area contributed by atoms with Gasteiger partial charge in [0.15, 0.2) is 5.65 Å². The van der Waals surface area contributed by atoms with Crippen LogP contribution in [-0.2, 0) is 0 Å². The molecule has 1 fully saturated rings. The first-order chi connectivity index (χ1) is 16.0. The summed E-state index contributed by atoms with van der Waals surface area (Å²) in [6, 6.07) is 19.2. The van der Waals surface area contributed by atoms with Gasteiger partial charge in [0.25, 0.3) is 5.91 Å². The van der Waals surface area contributed by atoms with Crippen LogP contribution in [0.4, 0.5) is 11.6 Å². The normalized spacial score (nSPS) is 15.0. The molecule has 2 aromatic heterocycles. The van der Waals surface area contributed by atoms with Crippen molar-refractivity contribution in [2.75, 3.05) is 25.5 Å². The number of anilines is 2. The summed E-state index contributed by atoms with van der Waals surface area (Å²) in [6.45, 7) is 2.03. The van der Waals surface area contributed by atoms with Crippen LogP contribution in [0.15, 0.2) is 66.9 Å². The summed E-state index contributed by atoms with van der Waals surface area (Å²) in [5.74, 6) is 0.453. The van der Waals surface area contributed by atoms with Crippen molar-refractivity contribution in [1.29, 1.82) is 0 Å². The fourth-order valence-corrected chi connectivity index (χ4v) is 4.20. The molecule has 0 atom stereocenters. The number of nitrogens with zero attached hydrogens (tertiary/aromatic N) is 4. The number of aromatic nitrogens is 3. The van der Waals surface area contributed by atoms with Gasteiger partial charge in [-0.05, 0) is 87.1 Å². The van der Waals surface area contributed by atoms with Gasteiger partial charge in [-0.15, -0.1) is 5.10 Å². The second-order valence-corrected chi connectivity index (χ2v) is 8.82. The van der Waals surface area contributed by atoms with Crippen LogP contribution in [-0.4, -0.2) is 51.6 Å². The van der Waals surface area contributed by atoms with Gasteiger partial charge in [0.1, 0.15) is 0 Å². The van der Waals surface area contributed by atoms with Crippen LogP contribution in [0.1, 0.15) is 23.2 Å². The van der Waals surface area contributed by atoms with Crippen LogP contribution in [0.2, 0.25) is 5.02 Å². The van der Waals surface area contributed by atoms with E-state index in [0.29, 0.717) is 16.5 Å². The monoisotopic (exact) mass is 460 g/mol. The Bertz CT molecular complexity index is 1260. The van der Waals surface area contributed by atoms with E-state index in [2.05, 4.69) is 32.7 Å². The smallest absolute Gasteiger partial charge is 0.251 e. The lowest BCUT2D eigenvalue weighted by atomic mass is 10.0. The van der Waals surface area contributed by atoms with Crippen molar-refractivity contribution in [1.82, 2.24) is 24.8 Å². The molecule has 8 heteroatoms. The largest absolute Gasteiger partial charge is 0.349 e. The van der Waals surface area contributed by atoms with E-state index in [4.69, 9.17) is 11.6 Å². The summed E-state index contributed by atoms with van der Waals surface area (Å²) in [4.78, 5) is 19.6. The fraction of sp³-hybridized carbons (Fsp3) is 0.240. The molecule has 168 valence electrons. The number of likely N-dealkylation sites (tertiary alicyclic amines) is 1. The summed E-state index contributed by atoms with van der Waals surface area (Å²) >= 11 is 6.03. The molecule has 4 aromatic rings. The van der Waals surface area contributed by atoms with Crippen molar-refractivity contribution in [3.05, 3.63) is 77.4 Å². The third-order valence-corrected chi connectivity index (χ3v) is 6.23. The number of pyridine rings is 1. The molecule has 33 heavy (non-hydrogen) atoms. The first-order valence-electron chi connectivity index (χ1n) is 11.0. The van der Waals surface area contributed by atoms with Gasteiger partial charge in [0.2, 0.25) is 5.95 Å². The van der Waals surface area contributed by atoms with Gasteiger partial charge in [0.05, 0.1) is 0 Å². The lowest BCUT2D eigenvalue weighted by Crippen LogP contribution is -2.43. The highest BCUT2D eigenvalue weighted by molar-refractivity contribution is 6.30. The van der Waals surface area contributed by atoms with Crippen LogP contribution < -0.4 is 10.6 Å².